The van der Waals surface area contributed by atoms with E-state index >= 15 is 0 Å². The molecule has 1 heteroatoms. The molecular formula is C20H33N. The topological polar surface area (TPSA) is 3.24 Å². The van der Waals surface area contributed by atoms with Gasteiger partial charge in [0.1, 0.15) is 0 Å². The highest BCUT2D eigenvalue weighted by Crippen LogP contribution is 2.36. The van der Waals surface area contributed by atoms with Gasteiger partial charge in [0.15, 0.2) is 0 Å². The molecule has 0 amide bonds. The van der Waals surface area contributed by atoms with Crippen LogP contribution in [0.15, 0.2) is 35.6 Å². The molecule has 0 aromatic heterocycles. The molecule has 1 aliphatic carbocycles. The zero-order chi connectivity index (χ0) is 15.2. The van der Waals surface area contributed by atoms with Gasteiger partial charge in [-0.25, -0.2) is 0 Å². The van der Waals surface area contributed by atoms with E-state index in [4.69, 9.17) is 0 Å². The zero-order valence-electron chi connectivity index (χ0n) is 14.3. The second-order valence-electron chi connectivity index (χ2n) is 6.72. The third-order valence-electron chi connectivity index (χ3n) is 5.34. The summed E-state index contributed by atoms with van der Waals surface area (Å²) < 4.78 is 0. The predicted molar refractivity (Wildman–Crippen MR) is 93.2 cm³/mol. The van der Waals surface area contributed by atoms with Crippen molar-refractivity contribution < 1.29 is 0 Å². The van der Waals surface area contributed by atoms with Crippen LogP contribution in [0.2, 0.25) is 0 Å². The second-order valence-corrected chi connectivity index (χ2v) is 6.72. The summed E-state index contributed by atoms with van der Waals surface area (Å²) in [7, 11) is 0. The summed E-state index contributed by atoms with van der Waals surface area (Å²) >= 11 is 0. The first-order valence-electron chi connectivity index (χ1n) is 9.02. The molecule has 21 heavy (non-hydrogen) atoms. The van der Waals surface area contributed by atoms with Crippen molar-refractivity contribution in [1.82, 2.24) is 4.90 Å². The van der Waals surface area contributed by atoms with Crippen molar-refractivity contribution in [3.05, 3.63) is 35.6 Å². The molecule has 1 heterocycles. The predicted octanol–water partition coefficient (Wildman–Crippen LogP) is 5.70. The summed E-state index contributed by atoms with van der Waals surface area (Å²) in [5.41, 5.74) is 4.77. The maximum absolute atomic E-state index is 4.26. The van der Waals surface area contributed by atoms with E-state index in [1.165, 1.54) is 57.3 Å². The van der Waals surface area contributed by atoms with E-state index in [2.05, 4.69) is 44.4 Å². The van der Waals surface area contributed by atoms with Gasteiger partial charge in [-0.1, -0.05) is 51.5 Å². The summed E-state index contributed by atoms with van der Waals surface area (Å²) in [6, 6.07) is 0. The van der Waals surface area contributed by atoms with Crippen LogP contribution in [0.3, 0.4) is 0 Å². The van der Waals surface area contributed by atoms with Gasteiger partial charge in [-0.15, -0.1) is 0 Å². The fourth-order valence-electron chi connectivity index (χ4n) is 3.87. The molecule has 0 aromatic rings. The van der Waals surface area contributed by atoms with E-state index in [9.17, 15) is 0 Å². The highest BCUT2D eigenvalue weighted by atomic mass is 15.1. The molecule has 0 spiro atoms. The molecule has 1 unspecified atom stereocenters. The summed E-state index contributed by atoms with van der Waals surface area (Å²) in [6.45, 7) is 13.6. The molecule has 0 saturated carbocycles. The first-order valence-corrected chi connectivity index (χ1v) is 9.02. The molecular weight excluding hydrogens is 254 g/mol. The Balaban J connectivity index is 1.97. The Bertz CT molecular complexity index is 408. The van der Waals surface area contributed by atoms with E-state index in [0.717, 1.165) is 18.3 Å². The first-order chi connectivity index (χ1) is 10.2. The molecule has 2 rings (SSSR count). The fraction of sp³-hybridized carbons (Fsp3) is 0.700. The Labute approximate surface area is 131 Å². The van der Waals surface area contributed by atoms with Gasteiger partial charge in [-0.05, 0) is 55.9 Å². The van der Waals surface area contributed by atoms with Crippen molar-refractivity contribution in [1.29, 1.82) is 0 Å². The second kappa shape index (κ2) is 7.87. The summed E-state index contributed by atoms with van der Waals surface area (Å²) in [5, 5.41) is 0. The Morgan fingerprint density at radius 1 is 1.24 bits per heavy atom. The molecule has 0 aromatic carbocycles. The van der Waals surface area contributed by atoms with Crippen LogP contribution >= 0.6 is 0 Å². The van der Waals surface area contributed by atoms with Crippen LogP contribution in [-0.4, -0.2) is 18.0 Å². The minimum atomic E-state index is 0.785. The Morgan fingerprint density at radius 3 is 2.52 bits per heavy atom. The Morgan fingerprint density at radius 2 is 1.95 bits per heavy atom. The number of likely N-dealkylation sites (tertiary alicyclic amines) is 1. The van der Waals surface area contributed by atoms with Crippen molar-refractivity contribution in [3.8, 4) is 0 Å². The Hall–Kier alpha value is -0.980. The SMILES string of the molecule is C=C(CCC)N1CCC(C2=C(CC)CC(CC)C=C2)CC1. The van der Waals surface area contributed by atoms with Gasteiger partial charge < -0.3 is 4.90 Å². The van der Waals surface area contributed by atoms with E-state index in [0.29, 0.717) is 0 Å². The van der Waals surface area contributed by atoms with Gasteiger partial charge in [0, 0.05) is 18.8 Å². The molecule has 1 atom stereocenters. The van der Waals surface area contributed by atoms with Crippen LogP contribution in [0.4, 0.5) is 0 Å². The molecule has 2 aliphatic rings. The smallest absolute Gasteiger partial charge is 0.0180 e. The molecule has 1 saturated heterocycles. The van der Waals surface area contributed by atoms with Gasteiger partial charge in [-0.2, -0.15) is 0 Å². The van der Waals surface area contributed by atoms with Crippen LogP contribution in [0.25, 0.3) is 0 Å². The molecule has 0 N–H and O–H groups in total. The van der Waals surface area contributed by atoms with Crippen molar-refractivity contribution in [2.24, 2.45) is 11.8 Å². The van der Waals surface area contributed by atoms with Gasteiger partial charge in [-0.3, -0.25) is 0 Å². The molecule has 118 valence electrons. The lowest BCUT2D eigenvalue weighted by atomic mass is 9.78. The molecule has 1 nitrogen and oxygen atoms in total. The van der Waals surface area contributed by atoms with Crippen LogP contribution in [0.5, 0.6) is 0 Å². The maximum atomic E-state index is 4.26. The quantitative estimate of drug-likeness (QED) is 0.605. The molecule has 0 bridgehead atoms. The van der Waals surface area contributed by atoms with E-state index in [1.54, 1.807) is 11.1 Å². The minimum Gasteiger partial charge on any atom is -0.375 e. The number of rotatable bonds is 6. The highest BCUT2D eigenvalue weighted by Gasteiger charge is 2.25. The normalized spacial score (nSPS) is 23.8. The standard InChI is InChI=1S/C20H33N/c1-5-8-16(4)21-13-11-19(12-14-21)20-10-9-17(6-2)15-18(20)7-3/h9-10,17,19H,4-8,11-15H2,1-3H3. The van der Waals surface area contributed by atoms with Crippen molar-refractivity contribution in [2.75, 3.05) is 13.1 Å². The third kappa shape index (κ3) is 4.02. The van der Waals surface area contributed by atoms with Gasteiger partial charge in [0.05, 0.1) is 0 Å². The summed E-state index contributed by atoms with van der Waals surface area (Å²) in [4.78, 5) is 2.52. The molecule has 0 radical (unpaired) electrons. The van der Waals surface area contributed by atoms with Crippen molar-refractivity contribution >= 4 is 0 Å². The van der Waals surface area contributed by atoms with Gasteiger partial charge in [0.25, 0.3) is 0 Å². The van der Waals surface area contributed by atoms with Crippen LogP contribution < -0.4 is 0 Å². The molecule has 1 aliphatic heterocycles. The average Bonchev–Trinajstić information content (AvgIpc) is 2.54. The maximum Gasteiger partial charge on any atom is 0.0180 e. The van der Waals surface area contributed by atoms with E-state index in [1.807, 2.05) is 0 Å². The third-order valence-corrected chi connectivity index (χ3v) is 5.34. The number of allylic oxidation sites excluding steroid dienone is 5. The summed E-state index contributed by atoms with van der Waals surface area (Å²) in [6.07, 6.45) is 13.7. The van der Waals surface area contributed by atoms with Crippen LogP contribution in [0, 0.1) is 11.8 Å². The molecule has 1 fully saturated rings. The average molecular weight is 287 g/mol. The largest absolute Gasteiger partial charge is 0.375 e. The number of hydrogen-bond acceptors (Lipinski definition) is 1. The lowest BCUT2D eigenvalue weighted by Crippen LogP contribution is -2.33. The number of piperidine rings is 1. The minimum absolute atomic E-state index is 0.785. The lowest BCUT2D eigenvalue weighted by molar-refractivity contribution is 0.240. The first kappa shape index (κ1) is 16.4. The Kier molecular flexibility index (Phi) is 6.14. The van der Waals surface area contributed by atoms with E-state index in [-0.39, 0.29) is 0 Å². The highest BCUT2D eigenvalue weighted by molar-refractivity contribution is 5.33. The van der Waals surface area contributed by atoms with Crippen molar-refractivity contribution in [3.63, 3.8) is 0 Å². The zero-order valence-corrected chi connectivity index (χ0v) is 14.3. The van der Waals surface area contributed by atoms with Gasteiger partial charge in [0.2, 0.25) is 0 Å². The van der Waals surface area contributed by atoms with Gasteiger partial charge >= 0.3 is 0 Å². The summed E-state index contributed by atoms with van der Waals surface area (Å²) in [5.74, 6) is 1.58. The van der Waals surface area contributed by atoms with Crippen molar-refractivity contribution in [2.45, 2.75) is 65.7 Å². The number of hydrogen-bond donors (Lipinski definition) is 0. The monoisotopic (exact) mass is 287 g/mol. The van der Waals surface area contributed by atoms with E-state index < -0.39 is 0 Å². The number of nitrogens with zero attached hydrogens (tertiary/aromatic N) is 1. The lowest BCUT2D eigenvalue weighted by Gasteiger charge is -2.37. The van der Waals surface area contributed by atoms with Crippen LogP contribution in [-0.2, 0) is 0 Å². The fourth-order valence-corrected chi connectivity index (χ4v) is 3.87. The van der Waals surface area contributed by atoms with Crippen LogP contribution in [0.1, 0.15) is 65.7 Å².